The van der Waals surface area contributed by atoms with Crippen LogP contribution in [0.5, 0.6) is 0 Å². The maximum atomic E-state index is 13.8. The number of hydrogen-bond acceptors (Lipinski definition) is 3. The zero-order valence-corrected chi connectivity index (χ0v) is 12.4. The molecule has 0 fully saturated rings. The van der Waals surface area contributed by atoms with Gasteiger partial charge in [0.15, 0.2) is 0 Å². The molecule has 1 atom stereocenters. The number of alkyl halides is 1. The number of halogens is 3. The summed E-state index contributed by atoms with van der Waals surface area (Å²) >= 11 is 3.20. The summed E-state index contributed by atoms with van der Waals surface area (Å²) in [6, 6.07) is 0.782. The highest BCUT2D eigenvalue weighted by molar-refractivity contribution is 9.09. The van der Waals surface area contributed by atoms with Gasteiger partial charge < -0.3 is 5.32 Å². The van der Waals surface area contributed by atoms with Crippen LogP contribution in [0.2, 0.25) is 0 Å². The maximum absolute atomic E-state index is 13.8. The molecule has 1 aromatic rings. The lowest BCUT2D eigenvalue weighted by molar-refractivity contribution is -0.387. The predicted molar refractivity (Wildman–Crippen MR) is 72.9 cm³/mol. The third-order valence-electron chi connectivity index (χ3n) is 2.75. The molecule has 1 unspecified atom stereocenters. The molecule has 0 aliphatic carbocycles. The van der Waals surface area contributed by atoms with Crippen LogP contribution in [0.25, 0.3) is 0 Å². The number of rotatable bonds is 5. The van der Waals surface area contributed by atoms with E-state index in [2.05, 4.69) is 21.2 Å². The van der Waals surface area contributed by atoms with Crippen molar-refractivity contribution in [2.45, 2.75) is 19.9 Å². The molecular formula is C12H13BrF2N2O3. The maximum Gasteiger partial charge on any atom is 0.308 e. The zero-order valence-electron chi connectivity index (χ0n) is 10.8. The van der Waals surface area contributed by atoms with Crippen LogP contribution in [-0.4, -0.2) is 22.2 Å². The minimum Gasteiger partial charge on any atom is -0.348 e. The second-order valence-electron chi connectivity index (χ2n) is 4.52. The Morgan fingerprint density at radius 1 is 1.45 bits per heavy atom. The first-order chi connectivity index (χ1) is 9.27. The molecule has 0 radical (unpaired) electrons. The quantitative estimate of drug-likeness (QED) is 0.504. The Labute approximate surface area is 122 Å². The van der Waals surface area contributed by atoms with Gasteiger partial charge in [-0.25, -0.2) is 4.39 Å². The Morgan fingerprint density at radius 3 is 2.50 bits per heavy atom. The van der Waals surface area contributed by atoms with Crippen molar-refractivity contribution in [3.05, 3.63) is 39.4 Å². The van der Waals surface area contributed by atoms with Gasteiger partial charge in [0.05, 0.1) is 16.6 Å². The SMILES string of the molecule is CC(C)C(CBr)NC(=O)c1cc(F)cc([N+](=O)[O-])c1F. The standard InChI is InChI=1S/C12H13BrF2N2O3/c1-6(2)9(5-13)16-12(18)8-3-7(14)4-10(11(8)15)17(19)20/h3-4,6,9H,5H2,1-2H3,(H,16,18). The summed E-state index contributed by atoms with van der Waals surface area (Å²) in [7, 11) is 0. The lowest BCUT2D eigenvalue weighted by Crippen LogP contribution is -2.40. The fourth-order valence-corrected chi connectivity index (χ4v) is 2.41. The van der Waals surface area contributed by atoms with E-state index in [4.69, 9.17) is 0 Å². The molecule has 0 aliphatic rings. The van der Waals surface area contributed by atoms with E-state index < -0.39 is 33.7 Å². The largest absolute Gasteiger partial charge is 0.348 e. The molecule has 0 saturated carbocycles. The average molecular weight is 351 g/mol. The summed E-state index contributed by atoms with van der Waals surface area (Å²) in [6.45, 7) is 3.69. The number of carbonyl (C=O) groups excluding carboxylic acids is 1. The summed E-state index contributed by atoms with van der Waals surface area (Å²) in [5.74, 6) is -3.21. The van der Waals surface area contributed by atoms with Gasteiger partial charge in [0, 0.05) is 11.4 Å². The van der Waals surface area contributed by atoms with Crippen LogP contribution < -0.4 is 5.32 Å². The zero-order chi connectivity index (χ0) is 15.4. The Balaban J connectivity index is 3.13. The van der Waals surface area contributed by atoms with Crippen molar-refractivity contribution in [2.24, 2.45) is 5.92 Å². The second-order valence-corrected chi connectivity index (χ2v) is 5.17. The Kier molecular flexibility index (Phi) is 5.55. The van der Waals surface area contributed by atoms with E-state index in [0.717, 1.165) is 0 Å². The number of nitrogens with zero attached hydrogens (tertiary/aromatic N) is 1. The molecule has 0 heterocycles. The molecule has 5 nitrogen and oxygen atoms in total. The van der Waals surface area contributed by atoms with Crippen LogP contribution in [0.1, 0.15) is 24.2 Å². The van der Waals surface area contributed by atoms with Crippen LogP contribution in [0.3, 0.4) is 0 Å². The van der Waals surface area contributed by atoms with Crippen LogP contribution in [0, 0.1) is 27.7 Å². The van der Waals surface area contributed by atoms with Crippen molar-refractivity contribution in [3.63, 3.8) is 0 Å². The van der Waals surface area contributed by atoms with Gasteiger partial charge in [0.1, 0.15) is 5.82 Å². The van der Waals surface area contributed by atoms with Crippen molar-refractivity contribution in [1.82, 2.24) is 5.32 Å². The number of benzene rings is 1. The topological polar surface area (TPSA) is 72.2 Å². The fourth-order valence-electron chi connectivity index (χ4n) is 1.50. The van der Waals surface area contributed by atoms with Crippen molar-refractivity contribution < 1.29 is 18.5 Å². The van der Waals surface area contributed by atoms with Crippen LogP contribution in [0.4, 0.5) is 14.5 Å². The van der Waals surface area contributed by atoms with Crippen molar-refractivity contribution in [3.8, 4) is 0 Å². The normalized spacial score (nSPS) is 12.3. The van der Waals surface area contributed by atoms with E-state index >= 15 is 0 Å². The van der Waals surface area contributed by atoms with Crippen LogP contribution >= 0.6 is 15.9 Å². The van der Waals surface area contributed by atoms with E-state index in [1.807, 2.05) is 13.8 Å². The average Bonchev–Trinajstić information content (AvgIpc) is 2.37. The number of nitro benzene ring substituents is 1. The van der Waals surface area contributed by atoms with Crippen LogP contribution in [-0.2, 0) is 0 Å². The lowest BCUT2D eigenvalue weighted by atomic mass is 10.1. The second kappa shape index (κ2) is 6.74. The highest BCUT2D eigenvalue weighted by Crippen LogP contribution is 2.22. The minimum absolute atomic E-state index is 0.0601. The highest BCUT2D eigenvalue weighted by Gasteiger charge is 2.25. The fraction of sp³-hybridized carbons (Fsp3) is 0.417. The Hall–Kier alpha value is -1.57. The van der Waals surface area contributed by atoms with Gasteiger partial charge in [0.2, 0.25) is 5.82 Å². The van der Waals surface area contributed by atoms with Crippen LogP contribution in [0.15, 0.2) is 12.1 Å². The predicted octanol–water partition coefficient (Wildman–Crippen LogP) is 3.02. The van der Waals surface area contributed by atoms with E-state index in [9.17, 15) is 23.7 Å². The molecule has 0 spiro atoms. The Morgan fingerprint density at radius 2 is 2.05 bits per heavy atom. The van der Waals surface area contributed by atoms with E-state index in [-0.39, 0.29) is 12.0 Å². The molecule has 1 amide bonds. The molecular weight excluding hydrogens is 338 g/mol. The summed E-state index contributed by atoms with van der Waals surface area (Å²) < 4.78 is 27.1. The van der Waals surface area contributed by atoms with Gasteiger partial charge in [-0.05, 0) is 12.0 Å². The summed E-state index contributed by atoms with van der Waals surface area (Å²) in [6.07, 6.45) is 0. The van der Waals surface area contributed by atoms with Gasteiger partial charge in [-0.3, -0.25) is 14.9 Å². The molecule has 0 bridgehead atoms. The molecule has 0 aliphatic heterocycles. The van der Waals surface area contributed by atoms with Gasteiger partial charge in [-0.1, -0.05) is 29.8 Å². The third kappa shape index (κ3) is 3.72. The number of hydrogen-bond donors (Lipinski definition) is 1. The number of carbonyl (C=O) groups is 1. The number of nitro groups is 1. The number of amides is 1. The monoisotopic (exact) mass is 350 g/mol. The first-order valence-electron chi connectivity index (χ1n) is 5.78. The number of nitrogens with one attached hydrogen (secondary N) is 1. The van der Waals surface area contributed by atoms with Gasteiger partial charge >= 0.3 is 5.69 Å². The van der Waals surface area contributed by atoms with Crippen molar-refractivity contribution in [2.75, 3.05) is 5.33 Å². The van der Waals surface area contributed by atoms with Gasteiger partial charge in [-0.2, -0.15) is 4.39 Å². The Bertz CT molecular complexity index is 538. The van der Waals surface area contributed by atoms with Gasteiger partial charge in [-0.15, -0.1) is 0 Å². The molecule has 8 heteroatoms. The van der Waals surface area contributed by atoms with E-state index in [1.165, 1.54) is 0 Å². The molecule has 1 rings (SSSR count). The molecule has 0 saturated heterocycles. The van der Waals surface area contributed by atoms with Gasteiger partial charge in [0.25, 0.3) is 5.91 Å². The molecule has 1 N–H and O–H groups in total. The summed E-state index contributed by atoms with van der Waals surface area (Å²) in [5, 5.41) is 13.5. The van der Waals surface area contributed by atoms with Crippen molar-refractivity contribution in [1.29, 1.82) is 0 Å². The van der Waals surface area contributed by atoms with E-state index in [0.29, 0.717) is 17.5 Å². The minimum atomic E-state index is -1.34. The first kappa shape index (κ1) is 16.5. The molecule has 0 aromatic heterocycles. The molecule has 110 valence electrons. The van der Waals surface area contributed by atoms with E-state index in [1.54, 1.807) is 0 Å². The lowest BCUT2D eigenvalue weighted by Gasteiger charge is -2.20. The molecule has 20 heavy (non-hydrogen) atoms. The summed E-state index contributed by atoms with van der Waals surface area (Å²) in [4.78, 5) is 21.4. The molecule has 1 aromatic carbocycles. The third-order valence-corrected chi connectivity index (χ3v) is 3.44. The van der Waals surface area contributed by atoms with Crippen molar-refractivity contribution >= 4 is 27.5 Å². The first-order valence-corrected chi connectivity index (χ1v) is 6.90. The summed E-state index contributed by atoms with van der Waals surface area (Å²) in [5.41, 5.74) is -1.74. The smallest absolute Gasteiger partial charge is 0.308 e. The highest BCUT2D eigenvalue weighted by atomic mass is 79.9.